The lowest BCUT2D eigenvalue weighted by atomic mass is 9.67. The van der Waals surface area contributed by atoms with Crippen molar-refractivity contribution in [2.45, 2.75) is 98.8 Å². The minimum absolute atomic E-state index is 0.739. The Labute approximate surface area is 176 Å². The van der Waals surface area contributed by atoms with Gasteiger partial charge in [0.15, 0.2) is 0 Å². The Bertz CT molecular complexity index is 528. The fraction of sp³-hybridized carbons (Fsp3) is 0.857. The van der Waals surface area contributed by atoms with Crippen LogP contribution in [0.1, 0.15) is 98.8 Å². The zero-order chi connectivity index (χ0) is 20.3. The molecule has 3 saturated carbocycles. The Morgan fingerprint density at radius 3 is 2.46 bits per heavy atom. The Kier molecular flexibility index (Phi) is 7.91. The third-order valence-corrected chi connectivity index (χ3v) is 9.10. The van der Waals surface area contributed by atoms with E-state index in [2.05, 4.69) is 53.3 Å². The molecule has 3 rings (SSSR count). The third-order valence-electron chi connectivity index (χ3n) is 9.10. The second-order valence-electron chi connectivity index (χ2n) is 11.1. The monoisotopic (exact) mass is 384 g/mol. The molecule has 0 bridgehead atoms. The van der Waals surface area contributed by atoms with Crippen LogP contribution in [0.3, 0.4) is 0 Å². The Morgan fingerprint density at radius 1 is 1.00 bits per heavy atom. The second kappa shape index (κ2) is 9.99. The van der Waals surface area contributed by atoms with E-state index in [0.717, 1.165) is 53.3 Å². The number of hydrogen-bond acceptors (Lipinski definition) is 0. The van der Waals surface area contributed by atoms with Gasteiger partial charge in [0.1, 0.15) is 0 Å². The van der Waals surface area contributed by atoms with Crippen LogP contribution >= 0.6 is 0 Å². The van der Waals surface area contributed by atoms with Crippen molar-refractivity contribution in [3.63, 3.8) is 0 Å². The van der Waals surface area contributed by atoms with Gasteiger partial charge in [0, 0.05) is 0 Å². The first kappa shape index (κ1) is 22.2. The molecular weight excluding hydrogens is 336 g/mol. The Hall–Kier alpha value is -0.520. The molecule has 0 nitrogen and oxygen atoms in total. The molecule has 0 N–H and O–H groups in total. The van der Waals surface area contributed by atoms with E-state index in [4.69, 9.17) is 0 Å². The fourth-order valence-corrected chi connectivity index (χ4v) is 7.02. The topological polar surface area (TPSA) is 0 Å². The predicted molar refractivity (Wildman–Crippen MR) is 124 cm³/mol. The molecule has 9 unspecified atom stereocenters. The number of allylic oxidation sites excluding steroid dienone is 3. The van der Waals surface area contributed by atoms with Crippen molar-refractivity contribution in [3.05, 3.63) is 24.3 Å². The van der Waals surface area contributed by atoms with Gasteiger partial charge < -0.3 is 0 Å². The number of rotatable bonds is 11. The summed E-state index contributed by atoms with van der Waals surface area (Å²) < 4.78 is 0. The summed E-state index contributed by atoms with van der Waals surface area (Å²) in [7, 11) is 0. The molecule has 160 valence electrons. The van der Waals surface area contributed by atoms with Crippen LogP contribution in [-0.2, 0) is 0 Å². The summed E-state index contributed by atoms with van der Waals surface area (Å²) in [5.41, 5.74) is 1.57. The molecule has 3 fully saturated rings. The lowest BCUT2D eigenvalue weighted by molar-refractivity contribution is 0.145. The summed E-state index contributed by atoms with van der Waals surface area (Å²) in [6.45, 7) is 16.8. The minimum atomic E-state index is 0.739. The highest BCUT2D eigenvalue weighted by atomic mass is 14.6. The van der Waals surface area contributed by atoms with Gasteiger partial charge in [-0.3, -0.25) is 0 Å². The van der Waals surface area contributed by atoms with Crippen LogP contribution in [0, 0.1) is 53.3 Å². The molecule has 0 radical (unpaired) electrons. The molecule has 0 aromatic rings. The van der Waals surface area contributed by atoms with Crippen LogP contribution in [-0.4, -0.2) is 0 Å². The highest BCUT2D eigenvalue weighted by Gasteiger charge is 2.55. The van der Waals surface area contributed by atoms with E-state index in [1.54, 1.807) is 5.57 Å². The van der Waals surface area contributed by atoms with E-state index in [1.165, 1.54) is 64.2 Å². The number of unbranched alkanes of at least 4 members (excludes halogenated alkanes) is 4. The molecule has 3 aliphatic carbocycles. The van der Waals surface area contributed by atoms with Crippen LogP contribution in [0.5, 0.6) is 0 Å². The third kappa shape index (κ3) is 5.14. The lowest BCUT2D eigenvalue weighted by Gasteiger charge is -2.38. The van der Waals surface area contributed by atoms with E-state index >= 15 is 0 Å². The molecule has 0 heterocycles. The van der Waals surface area contributed by atoms with E-state index in [9.17, 15) is 0 Å². The van der Waals surface area contributed by atoms with Crippen LogP contribution in [0.15, 0.2) is 24.3 Å². The molecule has 9 atom stereocenters. The van der Waals surface area contributed by atoms with E-state index < -0.39 is 0 Å². The van der Waals surface area contributed by atoms with Gasteiger partial charge in [-0.15, -0.1) is 0 Å². The van der Waals surface area contributed by atoms with Crippen molar-refractivity contribution >= 4 is 0 Å². The van der Waals surface area contributed by atoms with E-state index in [1.807, 2.05) is 0 Å². The smallest absolute Gasteiger partial charge is 0.0163 e. The zero-order valence-corrected chi connectivity index (χ0v) is 19.6. The molecular formula is C28H48. The van der Waals surface area contributed by atoms with Gasteiger partial charge in [0.25, 0.3) is 0 Å². The molecule has 0 amide bonds. The fourth-order valence-electron chi connectivity index (χ4n) is 7.02. The lowest BCUT2D eigenvalue weighted by Crippen LogP contribution is -2.28. The van der Waals surface area contributed by atoms with Gasteiger partial charge in [-0.2, -0.15) is 0 Å². The summed E-state index contributed by atoms with van der Waals surface area (Å²) in [6.07, 6.45) is 19.0. The first-order valence-corrected chi connectivity index (χ1v) is 12.8. The SMILES string of the molecule is C=C1C(CC=CC(C)CC2C(C)CC3C(C)C3C2C)CC1CCCCCCC. The van der Waals surface area contributed by atoms with Crippen molar-refractivity contribution in [2.75, 3.05) is 0 Å². The van der Waals surface area contributed by atoms with Gasteiger partial charge in [0.05, 0.1) is 0 Å². The highest BCUT2D eigenvalue weighted by Crippen LogP contribution is 2.61. The largest absolute Gasteiger partial charge is 0.0993 e. The highest BCUT2D eigenvalue weighted by molar-refractivity contribution is 5.17. The summed E-state index contributed by atoms with van der Waals surface area (Å²) in [4.78, 5) is 0. The summed E-state index contributed by atoms with van der Waals surface area (Å²) in [5, 5.41) is 0. The molecule has 3 aliphatic rings. The molecule has 0 saturated heterocycles. The average Bonchev–Trinajstić information content (AvgIpc) is 3.31. The van der Waals surface area contributed by atoms with Gasteiger partial charge >= 0.3 is 0 Å². The summed E-state index contributed by atoms with van der Waals surface area (Å²) >= 11 is 0. The van der Waals surface area contributed by atoms with Gasteiger partial charge in [0.2, 0.25) is 0 Å². The van der Waals surface area contributed by atoms with Gasteiger partial charge in [-0.05, 0) is 85.4 Å². The zero-order valence-electron chi connectivity index (χ0n) is 19.6. The first-order chi connectivity index (χ1) is 13.4. The molecule has 0 aromatic heterocycles. The van der Waals surface area contributed by atoms with Crippen molar-refractivity contribution in [2.24, 2.45) is 53.3 Å². The van der Waals surface area contributed by atoms with E-state index in [-0.39, 0.29) is 0 Å². The summed E-state index contributed by atoms with van der Waals surface area (Å²) in [5.74, 6) is 8.32. The van der Waals surface area contributed by atoms with E-state index in [0.29, 0.717) is 0 Å². The van der Waals surface area contributed by atoms with Crippen molar-refractivity contribution in [1.82, 2.24) is 0 Å². The maximum Gasteiger partial charge on any atom is -0.0163 e. The van der Waals surface area contributed by atoms with Crippen molar-refractivity contribution in [1.29, 1.82) is 0 Å². The van der Waals surface area contributed by atoms with Gasteiger partial charge in [-0.1, -0.05) is 91.0 Å². The molecule has 0 aliphatic heterocycles. The normalized spacial score (nSPS) is 41.0. The molecule has 0 aromatic carbocycles. The first-order valence-electron chi connectivity index (χ1n) is 12.8. The second-order valence-corrected chi connectivity index (χ2v) is 11.1. The van der Waals surface area contributed by atoms with Crippen LogP contribution < -0.4 is 0 Å². The van der Waals surface area contributed by atoms with Gasteiger partial charge in [-0.25, -0.2) is 0 Å². The maximum atomic E-state index is 4.44. The minimum Gasteiger partial charge on any atom is -0.0993 e. The quantitative estimate of drug-likeness (QED) is 0.247. The molecule has 28 heavy (non-hydrogen) atoms. The Balaban J connectivity index is 1.32. The standard InChI is InChI=1S/C28H48/c1-7-8-9-10-11-14-24-18-25(21(24)4)15-12-13-19(2)16-26-20(3)17-27-23(6)28(27)22(26)5/h12-13,19-20,22-28H,4,7-11,14-18H2,1-3,5-6H3. The summed E-state index contributed by atoms with van der Waals surface area (Å²) in [6, 6.07) is 0. The van der Waals surface area contributed by atoms with Crippen LogP contribution in [0.25, 0.3) is 0 Å². The van der Waals surface area contributed by atoms with Crippen molar-refractivity contribution in [3.8, 4) is 0 Å². The maximum absolute atomic E-state index is 4.44. The van der Waals surface area contributed by atoms with Crippen molar-refractivity contribution < 1.29 is 0 Å². The molecule has 0 heteroatoms. The molecule has 0 spiro atoms. The Morgan fingerprint density at radius 2 is 1.75 bits per heavy atom. The van der Waals surface area contributed by atoms with Crippen LogP contribution in [0.2, 0.25) is 0 Å². The number of fused-ring (bicyclic) bond motifs is 1. The average molecular weight is 385 g/mol. The van der Waals surface area contributed by atoms with Crippen LogP contribution in [0.4, 0.5) is 0 Å². The number of hydrogen-bond donors (Lipinski definition) is 0. The predicted octanol–water partition coefficient (Wildman–Crippen LogP) is 8.69.